The fourth-order valence-corrected chi connectivity index (χ4v) is 4.85. The molecule has 3 unspecified atom stereocenters. The highest BCUT2D eigenvalue weighted by atomic mass is 15.2. The molecule has 0 bridgehead atoms. The van der Waals surface area contributed by atoms with Crippen molar-refractivity contribution >= 4 is 0 Å². The minimum Gasteiger partial charge on any atom is -0.315 e. The number of nitrogens with zero attached hydrogens (tertiary/aromatic N) is 2. The van der Waals surface area contributed by atoms with Crippen molar-refractivity contribution in [3.8, 4) is 0 Å². The summed E-state index contributed by atoms with van der Waals surface area (Å²) in [4.78, 5) is 5.65. The summed E-state index contributed by atoms with van der Waals surface area (Å²) >= 11 is 0. The van der Waals surface area contributed by atoms with Crippen molar-refractivity contribution in [1.29, 1.82) is 0 Å². The zero-order valence-corrected chi connectivity index (χ0v) is 14.0. The molecule has 3 heteroatoms. The lowest BCUT2D eigenvalue weighted by atomic mass is 9.88. The molecule has 3 atom stereocenters. The standard InChI is InChI=1S/C18H35N3/c1-2-17-8-4-7-13-21(17)15-16-9-10-19-14-18(16)20-11-5-3-6-12-20/h16-19H,2-15H2,1H3. The summed E-state index contributed by atoms with van der Waals surface area (Å²) in [6.07, 6.45) is 11.3. The summed E-state index contributed by atoms with van der Waals surface area (Å²) in [5.74, 6) is 0.900. The van der Waals surface area contributed by atoms with E-state index in [9.17, 15) is 0 Å². The second kappa shape index (κ2) is 7.94. The molecular formula is C18H35N3. The highest BCUT2D eigenvalue weighted by molar-refractivity contribution is 4.90. The second-order valence-corrected chi connectivity index (χ2v) is 7.47. The number of hydrogen-bond acceptors (Lipinski definition) is 3. The fourth-order valence-electron chi connectivity index (χ4n) is 4.85. The summed E-state index contributed by atoms with van der Waals surface area (Å²) < 4.78 is 0. The summed E-state index contributed by atoms with van der Waals surface area (Å²) in [6.45, 7) is 10.3. The van der Waals surface area contributed by atoms with E-state index < -0.39 is 0 Å². The van der Waals surface area contributed by atoms with Crippen LogP contribution in [0.2, 0.25) is 0 Å². The van der Waals surface area contributed by atoms with Gasteiger partial charge in [-0.25, -0.2) is 0 Å². The Balaban J connectivity index is 1.60. The van der Waals surface area contributed by atoms with E-state index in [-0.39, 0.29) is 0 Å². The fraction of sp³-hybridized carbons (Fsp3) is 1.00. The molecule has 1 N–H and O–H groups in total. The molecule has 3 aliphatic heterocycles. The van der Waals surface area contributed by atoms with Crippen LogP contribution in [-0.2, 0) is 0 Å². The van der Waals surface area contributed by atoms with Gasteiger partial charge in [0.1, 0.15) is 0 Å². The highest BCUT2D eigenvalue weighted by Gasteiger charge is 2.33. The van der Waals surface area contributed by atoms with E-state index >= 15 is 0 Å². The minimum absolute atomic E-state index is 0.804. The van der Waals surface area contributed by atoms with Crippen LogP contribution in [0.5, 0.6) is 0 Å². The molecule has 0 radical (unpaired) electrons. The Morgan fingerprint density at radius 2 is 1.76 bits per heavy atom. The van der Waals surface area contributed by atoms with Gasteiger partial charge in [0.25, 0.3) is 0 Å². The Morgan fingerprint density at radius 1 is 0.952 bits per heavy atom. The normalized spacial score (nSPS) is 36.7. The number of piperidine rings is 3. The topological polar surface area (TPSA) is 18.5 Å². The maximum atomic E-state index is 3.66. The van der Waals surface area contributed by atoms with Crippen LogP contribution in [0.25, 0.3) is 0 Å². The predicted octanol–water partition coefficient (Wildman–Crippen LogP) is 2.71. The third kappa shape index (κ3) is 4.00. The van der Waals surface area contributed by atoms with Gasteiger partial charge in [0.05, 0.1) is 0 Å². The van der Waals surface area contributed by atoms with Gasteiger partial charge in [-0.05, 0) is 70.6 Å². The maximum absolute atomic E-state index is 3.66. The van der Waals surface area contributed by atoms with Crippen LogP contribution in [0.3, 0.4) is 0 Å². The van der Waals surface area contributed by atoms with Crippen molar-refractivity contribution in [2.24, 2.45) is 5.92 Å². The molecule has 0 spiro atoms. The smallest absolute Gasteiger partial charge is 0.0261 e. The molecule has 21 heavy (non-hydrogen) atoms. The Morgan fingerprint density at radius 3 is 2.57 bits per heavy atom. The molecular weight excluding hydrogens is 258 g/mol. The van der Waals surface area contributed by atoms with Crippen LogP contribution in [0.1, 0.15) is 58.3 Å². The molecule has 3 nitrogen and oxygen atoms in total. The molecule has 3 saturated heterocycles. The average molecular weight is 293 g/mol. The monoisotopic (exact) mass is 293 g/mol. The molecule has 0 aromatic carbocycles. The van der Waals surface area contributed by atoms with Crippen molar-refractivity contribution < 1.29 is 0 Å². The number of rotatable bonds is 4. The highest BCUT2D eigenvalue weighted by Crippen LogP contribution is 2.27. The molecule has 122 valence electrons. The van der Waals surface area contributed by atoms with Crippen LogP contribution in [0.15, 0.2) is 0 Å². The van der Waals surface area contributed by atoms with Crippen LogP contribution >= 0.6 is 0 Å². The van der Waals surface area contributed by atoms with Gasteiger partial charge in [0.15, 0.2) is 0 Å². The maximum Gasteiger partial charge on any atom is 0.0261 e. The quantitative estimate of drug-likeness (QED) is 0.860. The predicted molar refractivity (Wildman–Crippen MR) is 89.7 cm³/mol. The van der Waals surface area contributed by atoms with E-state index in [0.29, 0.717) is 0 Å². The first kappa shape index (κ1) is 15.8. The summed E-state index contributed by atoms with van der Waals surface area (Å²) in [7, 11) is 0. The summed E-state index contributed by atoms with van der Waals surface area (Å²) in [5, 5.41) is 3.66. The zero-order chi connectivity index (χ0) is 14.5. The Bertz CT molecular complexity index is 301. The molecule has 0 aliphatic carbocycles. The Hall–Kier alpha value is -0.120. The third-order valence-electron chi connectivity index (χ3n) is 6.14. The van der Waals surface area contributed by atoms with E-state index in [1.54, 1.807) is 0 Å². The van der Waals surface area contributed by atoms with Gasteiger partial charge in [0.2, 0.25) is 0 Å². The number of hydrogen-bond donors (Lipinski definition) is 1. The van der Waals surface area contributed by atoms with Gasteiger partial charge in [-0.15, -0.1) is 0 Å². The zero-order valence-electron chi connectivity index (χ0n) is 14.0. The van der Waals surface area contributed by atoms with Crippen molar-refractivity contribution in [2.75, 3.05) is 39.3 Å². The van der Waals surface area contributed by atoms with E-state index in [1.165, 1.54) is 90.6 Å². The molecule has 3 heterocycles. The van der Waals surface area contributed by atoms with Gasteiger partial charge < -0.3 is 10.2 Å². The van der Waals surface area contributed by atoms with E-state index in [2.05, 4.69) is 22.0 Å². The minimum atomic E-state index is 0.804. The first-order chi connectivity index (χ1) is 10.4. The number of likely N-dealkylation sites (tertiary alicyclic amines) is 2. The van der Waals surface area contributed by atoms with Crippen molar-refractivity contribution in [3.63, 3.8) is 0 Å². The van der Waals surface area contributed by atoms with Crippen LogP contribution in [0, 0.1) is 5.92 Å². The van der Waals surface area contributed by atoms with Gasteiger partial charge >= 0.3 is 0 Å². The van der Waals surface area contributed by atoms with Gasteiger partial charge in [-0.2, -0.15) is 0 Å². The van der Waals surface area contributed by atoms with Crippen LogP contribution in [-0.4, -0.2) is 61.2 Å². The summed E-state index contributed by atoms with van der Waals surface area (Å²) in [6, 6.07) is 1.68. The van der Waals surface area contributed by atoms with Gasteiger partial charge in [-0.1, -0.05) is 19.8 Å². The molecule has 3 aliphatic rings. The van der Waals surface area contributed by atoms with Crippen molar-refractivity contribution in [3.05, 3.63) is 0 Å². The lowest BCUT2D eigenvalue weighted by Crippen LogP contribution is -2.56. The SMILES string of the molecule is CCC1CCCCN1CC1CCNCC1N1CCCCC1. The van der Waals surface area contributed by atoms with Gasteiger partial charge in [0, 0.05) is 25.2 Å². The molecule has 0 aromatic rings. The summed E-state index contributed by atoms with van der Waals surface area (Å²) in [5.41, 5.74) is 0. The molecule has 3 fully saturated rings. The van der Waals surface area contributed by atoms with Crippen molar-refractivity contribution in [2.45, 2.75) is 70.4 Å². The third-order valence-corrected chi connectivity index (χ3v) is 6.14. The molecule has 3 rings (SSSR count). The number of nitrogens with one attached hydrogen (secondary N) is 1. The Labute approximate surface area is 131 Å². The first-order valence-corrected chi connectivity index (χ1v) is 9.57. The Kier molecular flexibility index (Phi) is 5.96. The first-order valence-electron chi connectivity index (χ1n) is 9.57. The van der Waals surface area contributed by atoms with Gasteiger partial charge in [-0.3, -0.25) is 4.90 Å². The van der Waals surface area contributed by atoms with E-state index in [4.69, 9.17) is 0 Å². The molecule has 0 amide bonds. The molecule has 0 saturated carbocycles. The average Bonchev–Trinajstić information content (AvgIpc) is 2.57. The lowest BCUT2D eigenvalue weighted by Gasteiger charge is -2.45. The van der Waals surface area contributed by atoms with Crippen molar-refractivity contribution in [1.82, 2.24) is 15.1 Å². The van der Waals surface area contributed by atoms with E-state index in [1.807, 2.05) is 0 Å². The largest absolute Gasteiger partial charge is 0.315 e. The lowest BCUT2D eigenvalue weighted by molar-refractivity contribution is 0.0485. The van der Waals surface area contributed by atoms with E-state index in [0.717, 1.165) is 18.0 Å². The van der Waals surface area contributed by atoms with Crippen LogP contribution in [0.4, 0.5) is 0 Å². The molecule has 0 aromatic heterocycles. The second-order valence-electron chi connectivity index (χ2n) is 7.47. The van der Waals surface area contributed by atoms with Crippen LogP contribution < -0.4 is 5.32 Å².